The minimum Gasteiger partial charge on any atom is -0.497 e. The van der Waals surface area contributed by atoms with E-state index >= 15 is 0 Å². The summed E-state index contributed by atoms with van der Waals surface area (Å²) in [5.41, 5.74) is 4.15. The molecule has 0 saturated heterocycles. The monoisotopic (exact) mass is 294 g/mol. The molecule has 2 heterocycles. The SMILES string of the molecule is COC1=CC(CC2NCCc3c2[nH]c2ccccc32)CC=C1. The van der Waals surface area contributed by atoms with Crippen LogP contribution in [0.1, 0.15) is 30.1 Å². The Morgan fingerprint density at radius 3 is 3.09 bits per heavy atom. The summed E-state index contributed by atoms with van der Waals surface area (Å²) >= 11 is 0. The van der Waals surface area contributed by atoms with E-state index < -0.39 is 0 Å². The summed E-state index contributed by atoms with van der Waals surface area (Å²) < 4.78 is 5.37. The second kappa shape index (κ2) is 5.65. The minimum atomic E-state index is 0.405. The Morgan fingerprint density at radius 1 is 1.27 bits per heavy atom. The molecular weight excluding hydrogens is 272 g/mol. The minimum absolute atomic E-state index is 0.405. The first kappa shape index (κ1) is 13.6. The smallest absolute Gasteiger partial charge is 0.114 e. The normalized spacial score (nSPS) is 24.1. The molecular formula is C19H22N2O. The molecule has 2 aliphatic rings. The van der Waals surface area contributed by atoms with E-state index in [0.29, 0.717) is 12.0 Å². The zero-order valence-electron chi connectivity index (χ0n) is 12.9. The number of para-hydroxylation sites is 1. The summed E-state index contributed by atoms with van der Waals surface area (Å²) in [7, 11) is 1.74. The lowest BCUT2D eigenvalue weighted by Crippen LogP contribution is -2.31. The predicted molar refractivity (Wildman–Crippen MR) is 89.7 cm³/mol. The third kappa shape index (κ3) is 2.35. The van der Waals surface area contributed by atoms with Crippen molar-refractivity contribution in [1.82, 2.24) is 10.3 Å². The van der Waals surface area contributed by atoms with Gasteiger partial charge in [-0.25, -0.2) is 0 Å². The Kier molecular flexibility index (Phi) is 3.51. The van der Waals surface area contributed by atoms with Crippen molar-refractivity contribution < 1.29 is 4.74 Å². The highest BCUT2D eigenvalue weighted by Crippen LogP contribution is 2.34. The topological polar surface area (TPSA) is 37.0 Å². The molecule has 1 aromatic carbocycles. The van der Waals surface area contributed by atoms with Gasteiger partial charge >= 0.3 is 0 Å². The summed E-state index contributed by atoms with van der Waals surface area (Å²) in [4.78, 5) is 3.65. The molecule has 4 rings (SSSR count). The third-order valence-electron chi connectivity index (χ3n) is 4.86. The first-order chi connectivity index (χ1) is 10.8. The first-order valence-electron chi connectivity index (χ1n) is 8.10. The number of aromatic amines is 1. The van der Waals surface area contributed by atoms with Gasteiger partial charge in [-0.2, -0.15) is 0 Å². The summed E-state index contributed by atoms with van der Waals surface area (Å²) in [6.45, 7) is 1.06. The summed E-state index contributed by atoms with van der Waals surface area (Å²) in [6, 6.07) is 9.05. The van der Waals surface area contributed by atoms with Crippen molar-refractivity contribution in [2.45, 2.75) is 25.3 Å². The first-order valence-corrected chi connectivity index (χ1v) is 8.10. The van der Waals surface area contributed by atoms with E-state index in [0.717, 1.165) is 31.6 Å². The molecule has 0 bridgehead atoms. The zero-order chi connectivity index (χ0) is 14.9. The number of hydrogen-bond donors (Lipinski definition) is 2. The maximum Gasteiger partial charge on any atom is 0.114 e. The van der Waals surface area contributed by atoms with E-state index in [1.54, 1.807) is 7.11 Å². The summed E-state index contributed by atoms with van der Waals surface area (Å²) in [6.07, 6.45) is 9.87. The Bertz CT molecular complexity index is 741. The predicted octanol–water partition coefficient (Wildman–Crippen LogP) is 3.85. The van der Waals surface area contributed by atoms with Gasteiger partial charge in [0.1, 0.15) is 5.76 Å². The van der Waals surface area contributed by atoms with Crippen molar-refractivity contribution >= 4 is 10.9 Å². The van der Waals surface area contributed by atoms with E-state index in [4.69, 9.17) is 4.74 Å². The molecule has 1 aromatic heterocycles. The number of benzene rings is 1. The van der Waals surface area contributed by atoms with Crippen LogP contribution in [0.5, 0.6) is 0 Å². The molecule has 0 fully saturated rings. The highest BCUT2D eigenvalue weighted by molar-refractivity contribution is 5.85. The van der Waals surface area contributed by atoms with Gasteiger partial charge in [-0.3, -0.25) is 0 Å². The second-order valence-corrected chi connectivity index (χ2v) is 6.23. The number of H-pyrrole nitrogens is 1. The van der Waals surface area contributed by atoms with Crippen LogP contribution in [-0.2, 0) is 11.2 Å². The lowest BCUT2D eigenvalue weighted by Gasteiger charge is -2.28. The maximum atomic E-state index is 5.37. The average Bonchev–Trinajstić information content (AvgIpc) is 2.95. The van der Waals surface area contributed by atoms with Crippen molar-refractivity contribution in [2.75, 3.05) is 13.7 Å². The van der Waals surface area contributed by atoms with Crippen LogP contribution in [0, 0.1) is 5.92 Å². The number of ether oxygens (including phenoxy) is 1. The molecule has 3 nitrogen and oxygen atoms in total. The van der Waals surface area contributed by atoms with Crippen molar-refractivity contribution in [3.63, 3.8) is 0 Å². The van der Waals surface area contributed by atoms with Crippen LogP contribution in [0.3, 0.4) is 0 Å². The van der Waals surface area contributed by atoms with Crippen LogP contribution < -0.4 is 5.32 Å². The highest BCUT2D eigenvalue weighted by Gasteiger charge is 2.26. The Morgan fingerprint density at radius 2 is 2.18 bits per heavy atom. The Balaban J connectivity index is 1.63. The van der Waals surface area contributed by atoms with Crippen molar-refractivity contribution in [3.05, 3.63) is 59.5 Å². The van der Waals surface area contributed by atoms with Gasteiger partial charge in [0.05, 0.1) is 7.11 Å². The lowest BCUT2D eigenvalue weighted by molar-refractivity contribution is 0.295. The van der Waals surface area contributed by atoms with Crippen LogP contribution in [-0.4, -0.2) is 18.6 Å². The quantitative estimate of drug-likeness (QED) is 0.902. The van der Waals surface area contributed by atoms with Crippen molar-refractivity contribution in [1.29, 1.82) is 0 Å². The van der Waals surface area contributed by atoms with Crippen LogP contribution in [0.2, 0.25) is 0 Å². The van der Waals surface area contributed by atoms with Gasteiger partial charge in [0.2, 0.25) is 0 Å². The molecule has 2 aromatic rings. The molecule has 0 amide bonds. The van der Waals surface area contributed by atoms with E-state index in [-0.39, 0.29) is 0 Å². The van der Waals surface area contributed by atoms with Crippen LogP contribution in [0.15, 0.2) is 48.3 Å². The maximum absolute atomic E-state index is 5.37. The average molecular weight is 294 g/mol. The molecule has 2 unspecified atom stereocenters. The van der Waals surface area contributed by atoms with Gasteiger partial charge in [0.15, 0.2) is 0 Å². The van der Waals surface area contributed by atoms with Gasteiger partial charge in [-0.05, 0) is 55.5 Å². The molecule has 2 N–H and O–H groups in total. The number of methoxy groups -OCH3 is 1. The van der Waals surface area contributed by atoms with Crippen LogP contribution >= 0.6 is 0 Å². The standard InChI is InChI=1S/C19H22N2O/c1-22-14-6-4-5-13(11-14)12-18-19-16(9-10-20-18)15-7-2-3-8-17(15)21-19/h2-4,6-8,11,13,18,20-21H,5,9-10,12H2,1H3. The number of aromatic nitrogens is 1. The fourth-order valence-corrected chi connectivity index (χ4v) is 3.78. The molecule has 1 aliphatic carbocycles. The van der Waals surface area contributed by atoms with Crippen LogP contribution in [0.25, 0.3) is 10.9 Å². The number of allylic oxidation sites excluding steroid dienone is 3. The number of hydrogen-bond acceptors (Lipinski definition) is 2. The molecule has 0 spiro atoms. The van der Waals surface area contributed by atoms with Gasteiger partial charge < -0.3 is 15.0 Å². The summed E-state index contributed by atoms with van der Waals surface area (Å²) in [5, 5.41) is 5.08. The molecule has 0 saturated carbocycles. The molecule has 2 atom stereocenters. The van der Waals surface area contributed by atoms with E-state index in [9.17, 15) is 0 Å². The highest BCUT2D eigenvalue weighted by atomic mass is 16.5. The molecule has 114 valence electrons. The van der Waals surface area contributed by atoms with Gasteiger partial charge in [0, 0.05) is 22.6 Å². The molecule has 3 heteroatoms. The number of rotatable bonds is 3. The van der Waals surface area contributed by atoms with E-state index in [1.807, 2.05) is 0 Å². The fourth-order valence-electron chi connectivity index (χ4n) is 3.78. The van der Waals surface area contributed by atoms with Gasteiger partial charge in [-0.15, -0.1) is 0 Å². The van der Waals surface area contributed by atoms with Crippen molar-refractivity contribution in [3.8, 4) is 0 Å². The fraction of sp³-hybridized carbons (Fsp3) is 0.368. The van der Waals surface area contributed by atoms with Crippen LogP contribution in [0.4, 0.5) is 0 Å². The summed E-state index contributed by atoms with van der Waals surface area (Å²) in [5.74, 6) is 1.53. The largest absolute Gasteiger partial charge is 0.497 e. The molecule has 1 aliphatic heterocycles. The molecule has 22 heavy (non-hydrogen) atoms. The van der Waals surface area contributed by atoms with E-state index in [1.165, 1.54) is 22.2 Å². The van der Waals surface area contributed by atoms with Crippen molar-refractivity contribution in [2.24, 2.45) is 5.92 Å². The van der Waals surface area contributed by atoms with Gasteiger partial charge in [-0.1, -0.05) is 24.3 Å². The number of nitrogens with one attached hydrogen (secondary N) is 2. The Hall–Kier alpha value is -2.00. The lowest BCUT2D eigenvalue weighted by atomic mass is 9.88. The molecule has 0 radical (unpaired) electrons. The zero-order valence-corrected chi connectivity index (χ0v) is 12.9. The van der Waals surface area contributed by atoms with E-state index in [2.05, 4.69) is 52.8 Å². The Labute approximate surface area is 131 Å². The third-order valence-corrected chi connectivity index (χ3v) is 4.86. The van der Waals surface area contributed by atoms with Gasteiger partial charge in [0.25, 0.3) is 0 Å². The number of fused-ring (bicyclic) bond motifs is 3. The second-order valence-electron chi connectivity index (χ2n) is 6.23.